The van der Waals surface area contributed by atoms with Crippen LogP contribution in [0.2, 0.25) is 5.02 Å². The van der Waals surface area contributed by atoms with Crippen LogP contribution in [0, 0.1) is 0 Å². The lowest BCUT2D eigenvalue weighted by Gasteiger charge is -2.31. The van der Waals surface area contributed by atoms with E-state index in [9.17, 15) is 23.0 Å². The molecule has 0 radical (unpaired) electrons. The number of halogens is 4. The molecule has 2 heterocycles. The number of carbonyl (C=O) groups excluding carboxylic acids is 1. The largest absolute Gasteiger partial charge is 0.491 e. The number of ether oxygens (including phenoxy) is 1. The van der Waals surface area contributed by atoms with Crippen LogP contribution in [-0.2, 0) is 22.2 Å². The van der Waals surface area contributed by atoms with Crippen molar-refractivity contribution in [3.8, 4) is 0 Å². The molecule has 11 heteroatoms. The molecule has 2 aliphatic heterocycles. The number of nitrogens with one attached hydrogen (secondary N) is 1. The van der Waals surface area contributed by atoms with E-state index in [4.69, 9.17) is 21.0 Å². The molecular formula is C19H17BClF3N2O4. The van der Waals surface area contributed by atoms with Gasteiger partial charge in [-0.2, -0.15) is 13.2 Å². The number of anilines is 2. The van der Waals surface area contributed by atoms with Gasteiger partial charge in [-0.05, 0) is 41.4 Å². The lowest BCUT2D eigenvalue weighted by Crippen LogP contribution is -2.37. The summed E-state index contributed by atoms with van der Waals surface area (Å²) >= 11 is 6.20. The third kappa shape index (κ3) is 4.13. The van der Waals surface area contributed by atoms with Gasteiger partial charge in [-0.1, -0.05) is 11.6 Å². The highest BCUT2D eigenvalue weighted by atomic mass is 35.5. The minimum Gasteiger partial charge on any atom is -0.423 e. The van der Waals surface area contributed by atoms with E-state index in [0.29, 0.717) is 43.0 Å². The van der Waals surface area contributed by atoms with Crippen LogP contribution in [0.1, 0.15) is 21.5 Å². The standard InChI is InChI=1S/C19H17BClF3N2O4/c21-15-7-11-10-30-20(28)14(11)9-13(15)18(27)25-16-8-12(19(22,23)24)1-2-17(16)26-3-5-29-6-4-26/h1-2,7-9,28H,3-6,10H2,(H,25,27). The van der Waals surface area contributed by atoms with Gasteiger partial charge in [0.1, 0.15) is 0 Å². The number of fused-ring (bicyclic) bond motifs is 1. The van der Waals surface area contributed by atoms with Gasteiger partial charge >= 0.3 is 13.3 Å². The first-order valence-corrected chi connectivity index (χ1v) is 9.59. The average molecular weight is 441 g/mol. The molecule has 2 aromatic carbocycles. The molecule has 0 unspecified atom stereocenters. The van der Waals surface area contributed by atoms with Gasteiger partial charge in [0.2, 0.25) is 0 Å². The fraction of sp³-hybridized carbons (Fsp3) is 0.316. The normalized spacial score (nSPS) is 16.6. The van der Waals surface area contributed by atoms with Crippen molar-refractivity contribution in [2.75, 3.05) is 36.5 Å². The predicted molar refractivity (Wildman–Crippen MR) is 106 cm³/mol. The molecule has 0 atom stereocenters. The number of hydrogen-bond acceptors (Lipinski definition) is 5. The van der Waals surface area contributed by atoms with Gasteiger partial charge in [0.05, 0.1) is 47.3 Å². The molecule has 0 aromatic heterocycles. The molecule has 1 amide bonds. The Morgan fingerprint density at radius 1 is 1.20 bits per heavy atom. The molecule has 0 spiro atoms. The number of nitrogens with zero attached hydrogens (tertiary/aromatic N) is 1. The van der Waals surface area contributed by atoms with Crippen LogP contribution < -0.4 is 15.7 Å². The van der Waals surface area contributed by atoms with Crippen LogP contribution in [0.4, 0.5) is 24.5 Å². The number of alkyl halides is 3. The summed E-state index contributed by atoms with van der Waals surface area (Å²) in [6.45, 7) is 1.99. The topological polar surface area (TPSA) is 71.0 Å². The van der Waals surface area contributed by atoms with E-state index in [1.54, 1.807) is 0 Å². The molecule has 30 heavy (non-hydrogen) atoms. The Morgan fingerprint density at radius 3 is 2.63 bits per heavy atom. The molecule has 0 aliphatic carbocycles. The van der Waals surface area contributed by atoms with Crippen molar-refractivity contribution in [3.05, 3.63) is 52.0 Å². The third-order valence-electron chi connectivity index (χ3n) is 5.06. The summed E-state index contributed by atoms with van der Waals surface area (Å²) in [6, 6.07) is 6.13. The first-order chi connectivity index (χ1) is 14.2. The molecule has 4 rings (SSSR count). The summed E-state index contributed by atoms with van der Waals surface area (Å²) in [4.78, 5) is 14.7. The minimum atomic E-state index is -4.56. The number of rotatable bonds is 3. The molecule has 2 aromatic rings. The fourth-order valence-electron chi connectivity index (χ4n) is 3.50. The Balaban J connectivity index is 1.69. The van der Waals surface area contributed by atoms with E-state index in [1.807, 2.05) is 4.90 Å². The van der Waals surface area contributed by atoms with E-state index < -0.39 is 24.8 Å². The highest BCUT2D eigenvalue weighted by Crippen LogP contribution is 2.36. The highest BCUT2D eigenvalue weighted by Gasteiger charge is 2.33. The second-order valence-electron chi connectivity index (χ2n) is 6.98. The maximum atomic E-state index is 13.3. The van der Waals surface area contributed by atoms with Crippen LogP contribution >= 0.6 is 11.6 Å². The monoisotopic (exact) mass is 440 g/mol. The van der Waals surface area contributed by atoms with Gasteiger partial charge in [0, 0.05) is 13.1 Å². The van der Waals surface area contributed by atoms with Crippen molar-refractivity contribution < 1.29 is 32.4 Å². The van der Waals surface area contributed by atoms with E-state index in [-0.39, 0.29) is 22.9 Å². The fourth-order valence-corrected chi connectivity index (χ4v) is 3.77. The molecule has 0 saturated carbocycles. The number of hydrogen-bond donors (Lipinski definition) is 2. The van der Waals surface area contributed by atoms with Gasteiger partial charge in [-0.15, -0.1) is 0 Å². The summed E-state index contributed by atoms with van der Waals surface area (Å²) in [5, 5.41) is 12.5. The average Bonchev–Trinajstić information content (AvgIpc) is 3.07. The van der Waals surface area contributed by atoms with E-state index in [2.05, 4.69) is 5.32 Å². The smallest absolute Gasteiger partial charge is 0.423 e. The summed E-state index contributed by atoms with van der Waals surface area (Å²) in [6.07, 6.45) is -4.56. The van der Waals surface area contributed by atoms with Crippen molar-refractivity contribution in [3.63, 3.8) is 0 Å². The zero-order valence-electron chi connectivity index (χ0n) is 15.6. The van der Waals surface area contributed by atoms with E-state index in [0.717, 1.165) is 12.1 Å². The summed E-state index contributed by atoms with van der Waals surface area (Å²) in [7, 11) is -1.18. The Morgan fingerprint density at radius 2 is 1.93 bits per heavy atom. The Labute approximate surface area is 175 Å². The lowest BCUT2D eigenvalue weighted by molar-refractivity contribution is -0.137. The number of morpholine rings is 1. The molecular weight excluding hydrogens is 423 g/mol. The van der Waals surface area contributed by atoms with E-state index in [1.165, 1.54) is 18.2 Å². The van der Waals surface area contributed by atoms with Crippen molar-refractivity contribution in [2.45, 2.75) is 12.8 Å². The maximum absolute atomic E-state index is 13.3. The van der Waals surface area contributed by atoms with E-state index >= 15 is 0 Å². The zero-order valence-corrected chi connectivity index (χ0v) is 16.4. The van der Waals surface area contributed by atoms with Gasteiger partial charge < -0.3 is 24.6 Å². The molecule has 6 nitrogen and oxygen atoms in total. The Bertz CT molecular complexity index is 983. The van der Waals surface area contributed by atoms with Crippen LogP contribution in [-0.4, -0.2) is 44.4 Å². The highest BCUT2D eigenvalue weighted by molar-refractivity contribution is 6.61. The zero-order chi connectivity index (χ0) is 21.5. The number of carbonyl (C=O) groups is 1. The summed E-state index contributed by atoms with van der Waals surface area (Å²) < 4.78 is 50.2. The molecule has 1 saturated heterocycles. The molecule has 2 aliphatic rings. The van der Waals surface area contributed by atoms with Crippen molar-refractivity contribution in [1.29, 1.82) is 0 Å². The minimum absolute atomic E-state index is 0.0186. The van der Waals surface area contributed by atoms with Crippen molar-refractivity contribution >= 4 is 41.5 Å². The van der Waals surface area contributed by atoms with Crippen LogP contribution in [0.3, 0.4) is 0 Å². The Kier molecular flexibility index (Phi) is 5.67. The Hall–Kier alpha value is -2.27. The van der Waals surface area contributed by atoms with Crippen LogP contribution in [0.15, 0.2) is 30.3 Å². The first kappa shape index (κ1) is 21.0. The van der Waals surface area contributed by atoms with Crippen LogP contribution in [0.25, 0.3) is 0 Å². The molecule has 158 valence electrons. The molecule has 2 N–H and O–H groups in total. The predicted octanol–water partition coefficient (Wildman–Crippen LogP) is 2.67. The summed E-state index contributed by atoms with van der Waals surface area (Å²) in [5.74, 6) is -0.685. The number of amides is 1. The van der Waals surface area contributed by atoms with Gasteiger partial charge in [0.25, 0.3) is 5.91 Å². The summed E-state index contributed by atoms with van der Waals surface area (Å²) in [5.41, 5.74) is 0.688. The third-order valence-corrected chi connectivity index (χ3v) is 5.37. The maximum Gasteiger partial charge on any atom is 0.491 e. The first-order valence-electron chi connectivity index (χ1n) is 9.21. The molecule has 1 fully saturated rings. The van der Waals surface area contributed by atoms with Crippen molar-refractivity contribution in [1.82, 2.24) is 0 Å². The molecule has 0 bridgehead atoms. The lowest BCUT2D eigenvalue weighted by atomic mass is 9.78. The van der Waals surface area contributed by atoms with Gasteiger partial charge in [0.15, 0.2) is 0 Å². The quantitative estimate of drug-likeness (QED) is 0.718. The second-order valence-corrected chi connectivity index (χ2v) is 7.38. The van der Waals surface area contributed by atoms with Gasteiger partial charge in [-0.25, -0.2) is 0 Å². The second kappa shape index (κ2) is 8.11. The SMILES string of the molecule is O=C(Nc1cc(C(F)(F)F)ccc1N1CCOCC1)c1cc2c(cc1Cl)COB2O. The van der Waals surface area contributed by atoms with Crippen molar-refractivity contribution in [2.24, 2.45) is 0 Å². The van der Waals surface area contributed by atoms with Gasteiger partial charge in [-0.3, -0.25) is 4.79 Å². The number of benzene rings is 2. The van der Waals surface area contributed by atoms with Crippen LogP contribution in [0.5, 0.6) is 0 Å².